The van der Waals surface area contributed by atoms with E-state index in [1.807, 2.05) is 47.6 Å². The second-order valence-corrected chi connectivity index (χ2v) is 30.5. The molecule has 10 rings (SSSR count). The first-order chi connectivity index (χ1) is 41.3. The summed E-state index contributed by atoms with van der Waals surface area (Å²) in [6, 6.07) is 4.16. The highest BCUT2D eigenvalue weighted by Gasteiger charge is 2.69. The average molecular weight is 1280 g/mol. The van der Waals surface area contributed by atoms with Crippen LogP contribution in [-0.2, 0) is 54.9 Å². The molecule has 0 spiro atoms. The number of amides is 2. The minimum Gasteiger partial charge on any atom is -0.461 e. The summed E-state index contributed by atoms with van der Waals surface area (Å²) in [4.78, 5) is 103. The monoisotopic (exact) mass is 1270 g/mol. The lowest BCUT2D eigenvalue weighted by molar-refractivity contribution is -0.671. The third-order valence-electron chi connectivity index (χ3n) is 20.1. The van der Waals surface area contributed by atoms with E-state index >= 15 is 0 Å². The topological polar surface area (TPSA) is 239 Å². The van der Waals surface area contributed by atoms with Gasteiger partial charge in [-0.15, -0.1) is 41.4 Å². The fourth-order valence-electron chi connectivity index (χ4n) is 15.0. The molecule has 3 saturated carbocycles. The molecule has 3 aromatic rings. The van der Waals surface area contributed by atoms with Crippen LogP contribution in [0, 0.1) is 34.0 Å². The Hall–Kier alpha value is -4.88. The van der Waals surface area contributed by atoms with Gasteiger partial charge in [0.25, 0.3) is 11.8 Å². The number of anilines is 1. The van der Waals surface area contributed by atoms with Crippen molar-refractivity contribution in [3.05, 3.63) is 59.0 Å². The lowest BCUT2D eigenvalue weighted by Crippen LogP contribution is -2.71. The smallest absolute Gasteiger partial charge is 0.355 e. The van der Waals surface area contributed by atoms with Gasteiger partial charge in [-0.05, 0) is 89.5 Å². The maximum atomic E-state index is 14.3. The third kappa shape index (κ3) is 13.2. The summed E-state index contributed by atoms with van der Waals surface area (Å²) < 4.78 is 26.0. The predicted molar refractivity (Wildman–Crippen MR) is 336 cm³/mol. The van der Waals surface area contributed by atoms with Crippen molar-refractivity contribution in [3.63, 3.8) is 0 Å². The van der Waals surface area contributed by atoms with Crippen molar-refractivity contribution in [1.82, 2.24) is 29.5 Å². The molecule has 3 N–H and O–H groups in total. The van der Waals surface area contributed by atoms with Gasteiger partial charge in [-0.25, -0.2) is 14.3 Å². The summed E-state index contributed by atoms with van der Waals surface area (Å²) in [5.41, 5.74) is 5.80. The van der Waals surface area contributed by atoms with Gasteiger partial charge in [0, 0.05) is 98.1 Å². The van der Waals surface area contributed by atoms with E-state index in [1.54, 1.807) is 18.7 Å². The maximum Gasteiger partial charge on any atom is 0.355 e. The standard InChI is InChI=1S/C62H83N9O10S5/c1-9-60(5)32-45(80-47(74)35-82-41-30-39-19-20-40(31-41)70(39)8)61(6)36(3)21-25-62(26-22-43(72)51(61)62)37(4)52(60)81-46(73)18-16-14-12-11-13-15-17-29-78-57(77)50-44(85-59-64-42(33-84-59)38-23-27-69(7)28-24-38)34-83-56-49(55(76)71(50)56)65-54(75)48(67-79-10-2)53-66-58(63)86-68-53/h9,23-24,27-28,33,36-37,39-41,45,49,51-52,56H,1,10-22,25-26,29-32,34-35H2,2-8H3,(H2-,63,65,66,68,75)/p+1/b67-48+/t36?,37-,39?,40?,41?,45+,49-,51?,52+,56?,60+,61-,62?/m1/s1. The number of hydrogen-bond acceptors (Lipinski definition) is 21. The van der Waals surface area contributed by atoms with Crippen molar-refractivity contribution < 1.29 is 52.4 Å². The number of aromatic nitrogens is 4. The molecular formula is C62H84N9O10S5+. The van der Waals surface area contributed by atoms with Crippen LogP contribution in [0.25, 0.3) is 11.3 Å². The molecule has 4 bridgehead atoms. The summed E-state index contributed by atoms with van der Waals surface area (Å²) in [6.45, 7) is 15.1. The van der Waals surface area contributed by atoms with Crippen LogP contribution in [0.2, 0.25) is 0 Å². The minimum atomic E-state index is -0.977. The normalized spacial score (nSPS) is 31.5. The highest BCUT2D eigenvalue weighted by atomic mass is 32.2. The average Bonchev–Trinajstić information content (AvgIpc) is 1.33. The Morgan fingerprint density at radius 1 is 0.977 bits per heavy atom. The molecular weight excluding hydrogens is 1190 g/mol. The Morgan fingerprint density at radius 2 is 1.70 bits per heavy atom. The molecule has 86 heavy (non-hydrogen) atoms. The molecule has 3 saturated heterocycles. The van der Waals surface area contributed by atoms with Crippen molar-refractivity contribution in [2.24, 2.45) is 46.2 Å². The molecule has 0 radical (unpaired) electrons. The molecule has 4 aliphatic heterocycles. The summed E-state index contributed by atoms with van der Waals surface area (Å²) >= 11 is 6.82. The van der Waals surface area contributed by atoms with E-state index in [-0.39, 0.29) is 88.6 Å². The third-order valence-corrected chi connectivity index (χ3v) is 25.4. The number of nitrogens with zero attached hydrogens (tertiary/aromatic N) is 7. The SMILES string of the molecule is C=C[C@@]1(C)C[C@H](OC(=O)CSC2CC3CCC(C2)N3C)[C@@]2(C)C(C)CCC3(CCC(=O)C32)[C@H](C)[C@@H]1OC(=O)CCCCCCCCCOC(=O)C1=C(Sc2nc(-c3cc[n+](C)cc3)cs2)CSC2[C@H](NC(=O)/C(=N/OCC)c3nsc(N)n3)C(=O)N12. The number of fused-ring (bicyclic) bond motifs is 3. The first kappa shape index (κ1) is 64.1. The number of rotatable bonds is 25. The number of nitrogen functional groups attached to an aromatic ring is 1. The van der Waals surface area contributed by atoms with Gasteiger partial charge >= 0.3 is 17.9 Å². The zero-order valence-corrected chi connectivity index (χ0v) is 54.7. The number of Topliss-reactive ketones (excluding diaryl/α,β-unsaturated/α-hetero) is 1. The number of thioether (sulfide) groups is 3. The van der Waals surface area contributed by atoms with Crippen molar-refractivity contribution in [2.45, 2.75) is 189 Å². The van der Waals surface area contributed by atoms with Gasteiger partial charge in [0.05, 0.1) is 18.1 Å². The van der Waals surface area contributed by atoms with Crippen LogP contribution >= 0.6 is 58.2 Å². The summed E-state index contributed by atoms with van der Waals surface area (Å²) in [5, 5.41) is 8.61. The van der Waals surface area contributed by atoms with E-state index in [0.717, 1.165) is 87.0 Å². The second kappa shape index (κ2) is 27.5. The van der Waals surface area contributed by atoms with E-state index in [2.05, 4.69) is 66.1 Å². The predicted octanol–water partition coefficient (Wildman–Crippen LogP) is 9.69. The van der Waals surface area contributed by atoms with E-state index in [4.69, 9.17) is 29.8 Å². The molecule has 3 aromatic heterocycles. The van der Waals surface area contributed by atoms with Crippen molar-refractivity contribution in [2.75, 3.05) is 37.5 Å². The number of hydrogen-bond donors (Lipinski definition) is 2. The van der Waals surface area contributed by atoms with Crippen LogP contribution in [0.5, 0.6) is 0 Å². The fraction of sp³-hybridized carbons (Fsp3) is 0.661. The van der Waals surface area contributed by atoms with Gasteiger partial charge in [0.2, 0.25) is 11.5 Å². The number of pyridine rings is 1. The molecule has 7 heterocycles. The van der Waals surface area contributed by atoms with E-state index in [9.17, 15) is 28.8 Å². The van der Waals surface area contributed by atoms with Gasteiger partial charge in [-0.3, -0.25) is 28.9 Å². The first-order valence-electron chi connectivity index (χ1n) is 30.7. The zero-order valence-electron chi connectivity index (χ0n) is 50.6. The molecule has 2 amide bonds. The largest absolute Gasteiger partial charge is 0.461 e. The van der Waals surface area contributed by atoms with Gasteiger partial charge in [-0.2, -0.15) is 9.36 Å². The number of oxime groups is 1. The first-order valence-corrected chi connectivity index (χ1v) is 35.3. The molecule has 24 heteroatoms. The van der Waals surface area contributed by atoms with E-state index in [0.29, 0.717) is 58.0 Å². The molecule has 6 fully saturated rings. The number of nitrogens with two attached hydrogens (primary N) is 1. The zero-order chi connectivity index (χ0) is 61.1. The van der Waals surface area contributed by atoms with Gasteiger partial charge in [-0.1, -0.05) is 82.8 Å². The number of aryl methyl sites for hydroxylation is 1. The molecule has 3 aliphatic carbocycles. The molecule has 6 unspecified atom stereocenters. The van der Waals surface area contributed by atoms with Crippen LogP contribution in [0.3, 0.4) is 0 Å². The number of ether oxygens (including phenoxy) is 3. The van der Waals surface area contributed by atoms with Crippen LogP contribution in [-0.4, -0.2) is 138 Å². The number of esters is 3. The van der Waals surface area contributed by atoms with Crippen molar-refractivity contribution >= 4 is 105 Å². The number of carbonyl (C=O) groups excluding carboxylic acids is 6. The molecule has 0 aromatic carbocycles. The number of carbonyl (C=O) groups is 6. The number of unbranched alkanes of at least 4 members (excludes halogenated alkanes) is 6. The van der Waals surface area contributed by atoms with E-state index < -0.39 is 52.2 Å². The van der Waals surface area contributed by atoms with Gasteiger partial charge in [0.1, 0.15) is 48.8 Å². The molecule has 466 valence electrons. The number of thiazole rings is 1. The number of ketones is 1. The molecule has 19 nitrogen and oxygen atoms in total. The summed E-state index contributed by atoms with van der Waals surface area (Å²) in [7, 11) is 4.18. The Kier molecular flexibility index (Phi) is 20.5. The number of piperidine rings is 1. The van der Waals surface area contributed by atoms with Crippen molar-refractivity contribution in [3.8, 4) is 11.3 Å². The quantitative estimate of drug-likeness (QED) is 0.0117. The highest BCUT2D eigenvalue weighted by Crippen LogP contribution is 2.68. The fourth-order valence-corrected chi connectivity index (χ4v) is 20.1. The number of β-lactam (4-membered cyclic amide) rings is 1. The summed E-state index contributed by atoms with van der Waals surface area (Å²) in [6.07, 6.45) is 18.7. The Labute approximate surface area is 526 Å². The Morgan fingerprint density at radius 3 is 2.40 bits per heavy atom. The maximum absolute atomic E-state index is 14.3. The van der Waals surface area contributed by atoms with Crippen LogP contribution in [0.4, 0.5) is 5.13 Å². The minimum absolute atomic E-state index is 0.0256. The lowest BCUT2D eigenvalue weighted by Gasteiger charge is -2.62. The number of nitrogens with one attached hydrogen (secondary N) is 1. The Balaban J connectivity index is 0.712. The highest BCUT2D eigenvalue weighted by molar-refractivity contribution is 8.07. The van der Waals surface area contributed by atoms with Gasteiger partial charge < -0.3 is 35.0 Å². The second-order valence-electron chi connectivity index (χ2n) is 25.1. The van der Waals surface area contributed by atoms with Gasteiger partial charge in [0.15, 0.2) is 21.9 Å². The van der Waals surface area contributed by atoms with E-state index in [1.165, 1.54) is 52.6 Å². The van der Waals surface area contributed by atoms with Crippen LogP contribution in [0.15, 0.2) is 62.7 Å². The van der Waals surface area contributed by atoms with Crippen LogP contribution < -0.4 is 15.6 Å². The van der Waals surface area contributed by atoms with Crippen molar-refractivity contribution in [1.29, 1.82) is 0 Å². The lowest BCUT2D eigenvalue weighted by atomic mass is 9.44. The molecule has 12 atom stereocenters. The van der Waals surface area contributed by atoms with Crippen LogP contribution in [0.1, 0.15) is 150 Å². The Bertz CT molecular complexity index is 3070. The molecule has 7 aliphatic rings. The summed E-state index contributed by atoms with van der Waals surface area (Å²) in [5.74, 6) is -1.68.